The van der Waals surface area contributed by atoms with Gasteiger partial charge in [-0.05, 0) is 11.6 Å². The molecule has 0 aromatic heterocycles. The Bertz CT molecular complexity index is 424. The van der Waals surface area contributed by atoms with Crippen molar-refractivity contribution < 1.29 is 27.4 Å². The van der Waals surface area contributed by atoms with Gasteiger partial charge in [-0.3, -0.25) is 0 Å². The van der Waals surface area contributed by atoms with Gasteiger partial charge in [-0.15, -0.1) is 0 Å². The molecule has 0 atom stereocenters. The predicted octanol–water partition coefficient (Wildman–Crippen LogP) is 3.11. The number of alkyl halides is 3. The zero-order valence-electron chi connectivity index (χ0n) is 8.68. The molecule has 0 aliphatic rings. The van der Waals surface area contributed by atoms with Crippen LogP contribution in [0, 0.1) is 5.82 Å². The van der Waals surface area contributed by atoms with Crippen molar-refractivity contribution in [2.24, 2.45) is 0 Å². The van der Waals surface area contributed by atoms with E-state index in [0.29, 0.717) is 6.07 Å². The van der Waals surface area contributed by atoms with E-state index in [4.69, 9.17) is 0 Å². The van der Waals surface area contributed by atoms with Crippen molar-refractivity contribution >= 4 is 21.9 Å². The first-order valence-electron chi connectivity index (χ1n) is 4.41. The smallest absolute Gasteiger partial charge is 0.387 e. The molecule has 0 heterocycles. The SMILES string of the molecule is COC(=O)c1c(CBr)cc(F)cc1OC(F)F. The van der Waals surface area contributed by atoms with E-state index in [-0.39, 0.29) is 16.5 Å². The molecule has 0 saturated carbocycles. The van der Waals surface area contributed by atoms with Crippen molar-refractivity contribution in [3.8, 4) is 5.75 Å². The van der Waals surface area contributed by atoms with Gasteiger partial charge in [0.05, 0.1) is 7.11 Å². The summed E-state index contributed by atoms with van der Waals surface area (Å²) in [7, 11) is 1.09. The number of hydrogen-bond donors (Lipinski definition) is 0. The fraction of sp³-hybridized carbons (Fsp3) is 0.300. The van der Waals surface area contributed by atoms with Gasteiger partial charge in [0.25, 0.3) is 0 Å². The number of hydrogen-bond acceptors (Lipinski definition) is 3. The molecule has 0 radical (unpaired) electrons. The summed E-state index contributed by atoms with van der Waals surface area (Å²) in [5, 5.41) is 0.106. The maximum Gasteiger partial charge on any atom is 0.387 e. The third-order valence-corrected chi connectivity index (χ3v) is 2.50. The standard InChI is InChI=1S/C10H8BrF3O3/c1-16-9(15)8-5(4-11)2-6(12)3-7(8)17-10(13)14/h2-3,10H,4H2,1H3. The van der Waals surface area contributed by atoms with Crippen molar-refractivity contribution in [2.45, 2.75) is 11.9 Å². The second-order valence-electron chi connectivity index (χ2n) is 2.94. The Balaban J connectivity index is 3.33. The van der Waals surface area contributed by atoms with Crippen molar-refractivity contribution in [3.63, 3.8) is 0 Å². The summed E-state index contributed by atoms with van der Waals surface area (Å²) >= 11 is 3.02. The van der Waals surface area contributed by atoms with E-state index in [9.17, 15) is 18.0 Å². The van der Waals surface area contributed by atoms with Crippen LogP contribution in [0.2, 0.25) is 0 Å². The lowest BCUT2D eigenvalue weighted by Crippen LogP contribution is -2.12. The Hall–Kier alpha value is -1.24. The third-order valence-electron chi connectivity index (χ3n) is 1.90. The molecule has 0 spiro atoms. The topological polar surface area (TPSA) is 35.5 Å². The van der Waals surface area contributed by atoms with E-state index >= 15 is 0 Å². The summed E-state index contributed by atoms with van der Waals surface area (Å²) in [6.45, 7) is -3.15. The summed E-state index contributed by atoms with van der Waals surface area (Å²) in [5.74, 6) is -2.18. The number of benzene rings is 1. The first-order valence-corrected chi connectivity index (χ1v) is 5.53. The Morgan fingerprint density at radius 1 is 1.47 bits per heavy atom. The lowest BCUT2D eigenvalue weighted by molar-refractivity contribution is -0.0505. The molecule has 1 aromatic carbocycles. The van der Waals surface area contributed by atoms with Crippen LogP contribution in [0.4, 0.5) is 13.2 Å². The quantitative estimate of drug-likeness (QED) is 0.633. The van der Waals surface area contributed by atoms with Crippen LogP contribution in [0.5, 0.6) is 5.75 Å². The van der Waals surface area contributed by atoms with Gasteiger partial charge in [0.2, 0.25) is 0 Å². The average molecular weight is 313 g/mol. The molecule has 0 fully saturated rings. The summed E-state index contributed by atoms with van der Waals surface area (Å²) in [5.41, 5.74) is -0.0430. The Kier molecular flexibility index (Phi) is 4.80. The first-order chi connectivity index (χ1) is 7.99. The lowest BCUT2D eigenvalue weighted by Gasteiger charge is -2.12. The molecular weight excluding hydrogens is 305 g/mol. The Morgan fingerprint density at radius 3 is 2.59 bits per heavy atom. The van der Waals surface area contributed by atoms with Crippen LogP contribution in [0.3, 0.4) is 0 Å². The van der Waals surface area contributed by atoms with Crippen molar-refractivity contribution in [3.05, 3.63) is 29.1 Å². The predicted molar refractivity (Wildman–Crippen MR) is 57.0 cm³/mol. The van der Waals surface area contributed by atoms with Crippen LogP contribution in [0.1, 0.15) is 15.9 Å². The molecule has 0 aliphatic carbocycles. The molecule has 0 amide bonds. The normalized spacial score (nSPS) is 10.5. The Morgan fingerprint density at radius 2 is 2.12 bits per heavy atom. The maximum absolute atomic E-state index is 13.1. The average Bonchev–Trinajstić information content (AvgIpc) is 2.26. The van der Waals surface area contributed by atoms with E-state index in [1.807, 2.05) is 0 Å². The highest BCUT2D eigenvalue weighted by Crippen LogP contribution is 2.28. The number of rotatable bonds is 4. The number of carbonyl (C=O) groups excluding carboxylic acids is 1. The zero-order chi connectivity index (χ0) is 13.0. The molecule has 0 N–H and O–H groups in total. The van der Waals surface area contributed by atoms with Crippen LogP contribution in [0.25, 0.3) is 0 Å². The number of methoxy groups -OCH3 is 1. The molecule has 17 heavy (non-hydrogen) atoms. The highest BCUT2D eigenvalue weighted by molar-refractivity contribution is 9.08. The van der Waals surface area contributed by atoms with E-state index in [1.165, 1.54) is 0 Å². The fourth-order valence-corrected chi connectivity index (χ4v) is 1.71. The molecule has 94 valence electrons. The zero-order valence-corrected chi connectivity index (χ0v) is 10.3. The summed E-state index contributed by atoms with van der Waals surface area (Å²) in [4.78, 5) is 11.4. The van der Waals surface area contributed by atoms with E-state index in [1.54, 1.807) is 0 Å². The minimum Gasteiger partial charge on any atom is -0.465 e. The van der Waals surface area contributed by atoms with Crippen LogP contribution in [-0.2, 0) is 10.1 Å². The van der Waals surface area contributed by atoms with Crippen LogP contribution < -0.4 is 4.74 Å². The molecule has 0 aliphatic heterocycles. The lowest BCUT2D eigenvalue weighted by atomic mass is 10.1. The van der Waals surface area contributed by atoms with Crippen LogP contribution in [-0.4, -0.2) is 19.7 Å². The van der Waals surface area contributed by atoms with E-state index in [0.717, 1.165) is 13.2 Å². The van der Waals surface area contributed by atoms with Crippen LogP contribution >= 0.6 is 15.9 Å². The molecule has 3 nitrogen and oxygen atoms in total. The van der Waals surface area contributed by atoms with Gasteiger partial charge >= 0.3 is 12.6 Å². The van der Waals surface area contributed by atoms with Crippen LogP contribution in [0.15, 0.2) is 12.1 Å². The van der Waals surface area contributed by atoms with Gasteiger partial charge in [0, 0.05) is 11.4 Å². The third kappa shape index (κ3) is 3.36. The summed E-state index contributed by atoms with van der Waals surface area (Å²) < 4.78 is 45.9. The molecule has 1 aromatic rings. The van der Waals surface area contributed by atoms with Gasteiger partial charge in [0.1, 0.15) is 17.1 Å². The van der Waals surface area contributed by atoms with Gasteiger partial charge in [-0.25, -0.2) is 9.18 Å². The number of halogens is 4. The molecule has 0 unspecified atom stereocenters. The van der Waals surface area contributed by atoms with Crippen molar-refractivity contribution in [2.75, 3.05) is 7.11 Å². The molecule has 1 rings (SSSR count). The second-order valence-corrected chi connectivity index (χ2v) is 3.50. The minimum atomic E-state index is -3.15. The molecular formula is C10H8BrF3O3. The summed E-state index contributed by atoms with van der Waals surface area (Å²) in [6.07, 6.45) is 0. The van der Waals surface area contributed by atoms with Crippen molar-refractivity contribution in [1.82, 2.24) is 0 Å². The Labute approximate surface area is 104 Å². The van der Waals surface area contributed by atoms with Gasteiger partial charge < -0.3 is 9.47 Å². The van der Waals surface area contributed by atoms with Gasteiger partial charge in [-0.1, -0.05) is 15.9 Å². The minimum absolute atomic E-state index is 0.106. The maximum atomic E-state index is 13.1. The molecule has 7 heteroatoms. The van der Waals surface area contributed by atoms with Gasteiger partial charge in [-0.2, -0.15) is 8.78 Å². The fourth-order valence-electron chi connectivity index (χ4n) is 1.26. The van der Waals surface area contributed by atoms with E-state index in [2.05, 4.69) is 25.4 Å². The largest absolute Gasteiger partial charge is 0.465 e. The van der Waals surface area contributed by atoms with Crippen molar-refractivity contribution in [1.29, 1.82) is 0 Å². The monoisotopic (exact) mass is 312 g/mol. The number of ether oxygens (including phenoxy) is 2. The highest BCUT2D eigenvalue weighted by Gasteiger charge is 2.21. The van der Waals surface area contributed by atoms with Gasteiger partial charge in [0.15, 0.2) is 0 Å². The second kappa shape index (κ2) is 5.90. The number of carbonyl (C=O) groups is 1. The van der Waals surface area contributed by atoms with E-state index < -0.39 is 24.1 Å². The molecule has 0 saturated heterocycles. The number of esters is 1. The molecule has 0 bridgehead atoms. The highest BCUT2D eigenvalue weighted by atomic mass is 79.9. The first kappa shape index (κ1) is 13.8. The summed E-state index contributed by atoms with van der Waals surface area (Å²) in [6, 6.07) is 1.75.